The van der Waals surface area contributed by atoms with Crippen molar-refractivity contribution >= 4 is 17.7 Å². The summed E-state index contributed by atoms with van der Waals surface area (Å²) < 4.78 is 17.0. The third-order valence-electron chi connectivity index (χ3n) is 7.22. The normalized spacial score (nSPS) is 24.4. The topological polar surface area (TPSA) is 92.5 Å². The van der Waals surface area contributed by atoms with Crippen molar-refractivity contribution in [1.29, 1.82) is 0 Å². The molecule has 1 amide bonds. The van der Waals surface area contributed by atoms with Crippen molar-refractivity contribution in [2.45, 2.75) is 44.0 Å². The van der Waals surface area contributed by atoms with Crippen molar-refractivity contribution in [3.05, 3.63) is 103 Å². The number of ether oxygens (including phenoxy) is 2. The van der Waals surface area contributed by atoms with Crippen LogP contribution in [0.2, 0.25) is 0 Å². The van der Waals surface area contributed by atoms with Crippen LogP contribution in [0.3, 0.4) is 0 Å². The van der Waals surface area contributed by atoms with E-state index in [1.165, 1.54) is 0 Å². The van der Waals surface area contributed by atoms with Crippen molar-refractivity contribution in [1.82, 2.24) is 4.90 Å². The molecule has 0 saturated carbocycles. The number of anilines is 1. The Bertz CT molecular complexity index is 1230. The summed E-state index contributed by atoms with van der Waals surface area (Å²) in [6.45, 7) is 2.01. The van der Waals surface area contributed by atoms with Crippen LogP contribution in [0.4, 0.5) is 10.5 Å². The van der Waals surface area contributed by atoms with E-state index < -0.39 is 35.6 Å². The molecule has 0 bridgehead atoms. The number of nitrogens with zero attached hydrogens (tertiary/aromatic N) is 2. The number of carbonyl (C=O) groups is 2. The Kier molecular flexibility index (Phi) is 7.01. The van der Waals surface area contributed by atoms with Crippen molar-refractivity contribution in [3.63, 3.8) is 0 Å². The van der Waals surface area contributed by atoms with Crippen molar-refractivity contribution < 1.29 is 28.7 Å². The maximum absolute atomic E-state index is 13.6. The molecule has 1 saturated heterocycles. The predicted octanol–water partition coefficient (Wildman–Crippen LogP) is 5.51. The molecule has 5 rings (SSSR count). The highest BCUT2D eigenvalue weighted by atomic mass is 16.6. The average molecular weight is 503 g/mol. The van der Waals surface area contributed by atoms with E-state index in [-0.39, 0.29) is 19.6 Å². The number of rotatable bonds is 7. The molecule has 2 heterocycles. The van der Waals surface area contributed by atoms with Gasteiger partial charge in [0.05, 0.1) is 30.6 Å². The van der Waals surface area contributed by atoms with Crippen molar-refractivity contribution in [2.75, 3.05) is 11.7 Å². The highest BCUT2D eigenvalue weighted by molar-refractivity contribution is 5.86. The Morgan fingerprint density at radius 3 is 2.46 bits per heavy atom. The van der Waals surface area contributed by atoms with Gasteiger partial charge < -0.3 is 13.9 Å². The number of fused-ring (bicyclic) bond motifs is 1. The number of esters is 1. The summed E-state index contributed by atoms with van der Waals surface area (Å²) in [7, 11) is 0. The Morgan fingerprint density at radius 2 is 1.78 bits per heavy atom. The van der Waals surface area contributed by atoms with Gasteiger partial charge in [-0.3, -0.25) is 10.1 Å². The molecule has 0 spiro atoms. The molecular formula is C29H30N2O6. The molecule has 37 heavy (non-hydrogen) atoms. The fourth-order valence-corrected chi connectivity index (χ4v) is 5.54. The average Bonchev–Trinajstić information content (AvgIpc) is 3.61. The second kappa shape index (κ2) is 10.5. The number of likely N-dealkylation sites (tertiary alicyclic amines) is 1. The molecule has 1 aliphatic carbocycles. The Hall–Kier alpha value is -4.04. The van der Waals surface area contributed by atoms with Gasteiger partial charge in [0.1, 0.15) is 12.4 Å². The highest BCUT2D eigenvalue weighted by Crippen LogP contribution is 2.51. The molecule has 2 aliphatic rings. The van der Waals surface area contributed by atoms with Crippen LogP contribution in [0.15, 0.2) is 95.6 Å². The second-order valence-electron chi connectivity index (χ2n) is 9.24. The summed E-state index contributed by atoms with van der Waals surface area (Å²) in [6, 6.07) is 20.9. The number of amides is 1. The first-order chi connectivity index (χ1) is 18.1. The molecule has 1 aliphatic heterocycles. The van der Waals surface area contributed by atoms with Gasteiger partial charge in [-0.25, -0.2) is 14.7 Å². The monoisotopic (exact) mass is 502 g/mol. The van der Waals surface area contributed by atoms with Crippen LogP contribution in [0.1, 0.15) is 37.1 Å². The largest absolute Gasteiger partial charge is 0.467 e. The third kappa shape index (κ3) is 4.49. The molecule has 0 radical (unpaired) electrons. The SMILES string of the molecule is CCOC(=O)[C@@]1(N(O)c2ccccc2)CC=C[C@H]2[C@@H]1C[C@@H](c1ccco1)N2C(=O)OCc1ccccc1. The summed E-state index contributed by atoms with van der Waals surface area (Å²) in [5, 5.41) is 12.6. The van der Waals surface area contributed by atoms with Crippen LogP contribution >= 0.6 is 0 Å². The summed E-state index contributed by atoms with van der Waals surface area (Å²) in [6.07, 6.45) is 5.36. The van der Waals surface area contributed by atoms with Crippen LogP contribution in [-0.2, 0) is 20.9 Å². The van der Waals surface area contributed by atoms with Gasteiger partial charge in [-0.15, -0.1) is 0 Å². The van der Waals surface area contributed by atoms with Crippen LogP contribution in [0.5, 0.6) is 0 Å². The summed E-state index contributed by atoms with van der Waals surface area (Å²) in [5.41, 5.74) is -0.119. The summed E-state index contributed by atoms with van der Waals surface area (Å²) in [4.78, 5) is 28.8. The summed E-state index contributed by atoms with van der Waals surface area (Å²) in [5.74, 6) is -0.457. The van der Waals surface area contributed by atoms with Crippen LogP contribution in [-0.4, -0.2) is 40.4 Å². The molecule has 1 fully saturated rings. The third-order valence-corrected chi connectivity index (χ3v) is 7.22. The predicted molar refractivity (Wildman–Crippen MR) is 136 cm³/mol. The van der Waals surface area contributed by atoms with E-state index in [2.05, 4.69) is 0 Å². The van der Waals surface area contributed by atoms with Crippen LogP contribution < -0.4 is 5.06 Å². The van der Waals surface area contributed by atoms with Crippen molar-refractivity contribution in [3.8, 4) is 0 Å². The van der Waals surface area contributed by atoms with Gasteiger partial charge in [0.25, 0.3) is 0 Å². The molecule has 1 N–H and O–H groups in total. The smallest absolute Gasteiger partial charge is 0.411 e. The van der Waals surface area contributed by atoms with E-state index in [1.807, 2.05) is 54.6 Å². The second-order valence-corrected chi connectivity index (χ2v) is 9.24. The van der Waals surface area contributed by atoms with Gasteiger partial charge in [0.2, 0.25) is 0 Å². The molecule has 4 atom stereocenters. The number of furan rings is 1. The van der Waals surface area contributed by atoms with Gasteiger partial charge in [0.15, 0.2) is 5.54 Å². The minimum Gasteiger partial charge on any atom is -0.467 e. The van der Waals surface area contributed by atoms with E-state index in [0.717, 1.165) is 10.6 Å². The number of benzene rings is 2. The first kappa shape index (κ1) is 24.6. The first-order valence-electron chi connectivity index (χ1n) is 12.5. The zero-order valence-electron chi connectivity index (χ0n) is 20.6. The maximum Gasteiger partial charge on any atom is 0.411 e. The zero-order valence-corrected chi connectivity index (χ0v) is 20.6. The van der Waals surface area contributed by atoms with Crippen LogP contribution in [0, 0.1) is 5.92 Å². The molecule has 8 nitrogen and oxygen atoms in total. The zero-order chi connectivity index (χ0) is 25.8. The van der Waals surface area contributed by atoms with Crippen molar-refractivity contribution in [2.24, 2.45) is 5.92 Å². The van der Waals surface area contributed by atoms with E-state index in [9.17, 15) is 14.8 Å². The van der Waals surface area contributed by atoms with Crippen LogP contribution in [0.25, 0.3) is 0 Å². The van der Waals surface area contributed by atoms with E-state index in [0.29, 0.717) is 17.9 Å². The van der Waals surface area contributed by atoms with Gasteiger partial charge in [-0.05, 0) is 43.2 Å². The molecule has 8 heteroatoms. The number of hydrogen-bond donors (Lipinski definition) is 1. The minimum absolute atomic E-state index is 0.112. The lowest BCUT2D eigenvalue weighted by Crippen LogP contribution is -2.63. The maximum atomic E-state index is 13.6. The van der Waals surface area contributed by atoms with Gasteiger partial charge in [-0.2, -0.15) is 0 Å². The van der Waals surface area contributed by atoms with Gasteiger partial charge in [0, 0.05) is 12.3 Å². The molecular weight excluding hydrogens is 472 g/mol. The van der Waals surface area contributed by atoms with E-state index in [4.69, 9.17) is 13.9 Å². The van der Waals surface area contributed by atoms with E-state index in [1.54, 1.807) is 48.4 Å². The lowest BCUT2D eigenvalue weighted by atomic mass is 9.72. The van der Waals surface area contributed by atoms with Gasteiger partial charge in [-0.1, -0.05) is 60.7 Å². The highest BCUT2D eigenvalue weighted by Gasteiger charge is 2.62. The molecule has 1 aromatic heterocycles. The number of carbonyl (C=O) groups excluding carboxylic acids is 2. The number of hydrogen-bond acceptors (Lipinski definition) is 7. The quantitative estimate of drug-likeness (QED) is 0.259. The number of hydroxylamine groups is 1. The first-order valence-corrected chi connectivity index (χ1v) is 12.5. The van der Waals surface area contributed by atoms with Gasteiger partial charge >= 0.3 is 12.1 Å². The van der Waals surface area contributed by atoms with E-state index >= 15 is 0 Å². The fourth-order valence-electron chi connectivity index (χ4n) is 5.54. The Balaban J connectivity index is 1.53. The minimum atomic E-state index is -1.45. The lowest BCUT2D eigenvalue weighted by molar-refractivity contribution is -0.156. The Morgan fingerprint density at radius 1 is 1.05 bits per heavy atom. The lowest BCUT2D eigenvalue weighted by Gasteiger charge is -2.46. The fraction of sp³-hybridized carbons (Fsp3) is 0.310. The summed E-state index contributed by atoms with van der Waals surface area (Å²) >= 11 is 0. The molecule has 2 aromatic carbocycles. The molecule has 3 aromatic rings. The number of para-hydroxylation sites is 1. The molecule has 192 valence electrons. The standard InChI is InChI=1S/C29H30N2O6/c1-2-35-27(32)29(31(34)22-13-7-4-8-14-22)17-9-15-24-23(29)19-25(26-16-10-18-36-26)30(24)28(33)37-20-21-11-5-3-6-12-21/h3-16,18,23-25,34H,2,17,19-20H2,1H3/t23-,24-,25-,29+/m0/s1. The Labute approximate surface area is 215 Å². The molecule has 0 unspecified atom stereocenters.